The number of rotatable bonds is 6. The van der Waals surface area contributed by atoms with Crippen LogP contribution in [-0.4, -0.2) is 51.1 Å². The van der Waals surface area contributed by atoms with Crippen LogP contribution in [0, 0.1) is 0 Å². The highest BCUT2D eigenvalue weighted by Gasteiger charge is 2.21. The molecule has 0 aromatic carbocycles. The standard InChI is InChI=1S/C11H17ClN2O4S/c1-4-13(2)11(15)10-7-9(19(12,16)17)8-14(10)5-6-18-3/h7-8H,4-6H2,1-3H3. The molecule has 8 heteroatoms. The zero-order chi connectivity index (χ0) is 14.6. The third-order valence-electron chi connectivity index (χ3n) is 2.73. The van der Waals surface area contributed by atoms with E-state index in [1.54, 1.807) is 7.05 Å². The molecule has 0 unspecified atom stereocenters. The van der Waals surface area contributed by atoms with Crippen LogP contribution >= 0.6 is 10.7 Å². The SMILES string of the molecule is CCN(C)C(=O)c1cc(S(=O)(=O)Cl)cn1CCOC. The molecular formula is C11H17ClN2O4S. The topological polar surface area (TPSA) is 68.6 Å². The number of halogens is 1. The second kappa shape index (κ2) is 6.40. The molecule has 108 valence electrons. The molecule has 1 rings (SSSR count). The van der Waals surface area contributed by atoms with Crippen molar-refractivity contribution in [3.63, 3.8) is 0 Å². The summed E-state index contributed by atoms with van der Waals surface area (Å²) >= 11 is 0. The number of hydrogen-bond donors (Lipinski definition) is 0. The molecular weight excluding hydrogens is 292 g/mol. The summed E-state index contributed by atoms with van der Waals surface area (Å²) in [6.45, 7) is 3.10. The summed E-state index contributed by atoms with van der Waals surface area (Å²) in [7, 11) is 4.62. The van der Waals surface area contributed by atoms with E-state index in [0.29, 0.717) is 19.7 Å². The van der Waals surface area contributed by atoms with E-state index < -0.39 is 9.05 Å². The molecule has 1 aromatic heterocycles. The Morgan fingerprint density at radius 2 is 2.16 bits per heavy atom. The van der Waals surface area contributed by atoms with Gasteiger partial charge in [0.2, 0.25) is 0 Å². The van der Waals surface area contributed by atoms with Gasteiger partial charge in [-0.1, -0.05) is 0 Å². The number of aromatic nitrogens is 1. The van der Waals surface area contributed by atoms with Gasteiger partial charge in [0.05, 0.1) is 6.61 Å². The quantitative estimate of drug-likeness (QED) is 0.739. The first kappa shape index (κ1) is 16.0. The molecule has 1 amide bonds. The Morgan fingerprint density at radius 1 is 1.53 bits per heavy atom. The summed E-state index contributed by atoms with van der Waals surface area (Å²) < 4.78 is 29.1. The first-order valence-electron chi connectivity index (χ1n) is 5.70. The van der Waals surface area contributed by atoms with Crippen LogP contribution in [0.1, 0.15) is 17.4 Å². The van der Waals surface area contributed by atoms with E-state index in [2.05, 4.69) is 0 Å². The minimum atomic E-state index is -3.86. The number of amides is 1. The lowest BCUT2D eigenvalue weighted by Gasteiger charge is -2.15. The van der Waals surface area contributed by atoms with Crippen LogP contribution in [0.4, 0.5) is 0 Å². The summed E-state index contributed by atoms with van der Waals surface area (Å²) in [6, 6.07) is 1.28. The first-order chi connectivity index (χ1) is 8.81. The molecule has 0 bridgehead atoms. The predicted molar refractivity (Wildman–Crippen MR) is 72.0 cm³/mol. The van der Waals surface area contributed by atoms with E-state index in [1.165, 1.54) is 28.8 Å². The Kier molecular flexibility index (Phi) is 5.39. The minimum absolute atomic E-state index is 0.0851. The molecule has 0 aliphatic carbocycles. The Hall–Kier alpha value is -1.05. The van der Waals surface area contributed by atoms with Gasteiger partial charge in [-0.25, -0.2) is 8.42 Å². The molecule has 0 saturated heterocycles. The number of hydrogen-bond acceptors (Lipinski definition) is 4. The van der Waals surface area contributed by atoms with Crippen molar-refractivity contribution >= 4 is 25.6 Å². The molecule has 0 radical (unpaired) electrons. The van der Waals surface area contributed by atoms with E-state index in [4.69, 9.17) is 15.4 Å². The zero-order valence-electron chi connectivity index (χ0n) is 11.1. The van der Waals surface area contributed by atoms with E-state index in [0.717, 1.165) is 0 Å². The van der Waals surface area contributed by atoms with Crippen molar-refractivity contribution in [2.45, 2.75) is 18.4 Å². The van der Waals surface area contributed by atoms with Gasteiger partial charge in [-0.15, -0.1) is 0 Å². The third kappa shape index (κ3) is 3.95. The molecule has 1 heterocycles. The molecule has 0 spiro atoms. The normalized spacial score (nSPS) is 11.6. The van der Waals surface area contributed by atoms with Gasteiger partial charge >= 0.3 is 0 Å². The lowest BCUT2D eigenvalue weighted by Crippen LogP contribution is -2.28. The molecule has 6 nitrogen and oxygen atoms in total. The van der Waals surface area contributed by atoms with Crippen LogP contribution in [0.2, 0.25) is 0 Å². The van der Waals surface area contributed by atoms with Gasteiger partial charge in [0.25, 0.3) is 15.0 Å². The van der Waals surface area contributed by atoms with Crippen molar-refractivity contribution in [2.75, 3.05) is 27.3 Å². The Morgan fingerprint density at radius 3 is 2.63 bits per heavy atom. The number of carbonyl (C=O) groups is 1. The highest BCUT2D eigenvalue weighted by molar-refractivity contribution is 8.13. The maximum absolute atomic E-state index is 12.1. The van der Waals surface area contributed by atoms with Crippen LogP contribution < -0.4 is 0 Å². The van der Waals surface area contributed by atoms with E-state index in [9.17, 15) is 13.2 Å². The largest absolute Gasteiger partial charge is 0.383 e. The van der Waals surface area contributed by atoms with Crippen LogP contribution in [0.15, 0.2) is 17.2 Å². The van der Waals surface area contributed by atoms with Crippen LogP contribution in [0.3, 0.4) is 0 Å². The Balaban J connectivity index is 3.20. The number of nitrogens with zero attached hydrogens (tertiary/aromatic N) is 2. The van der Waals surface area contributed by atoms with Gasteiger partial charge < -0.3 is 14.2 Å². The van der Waals surface area contributed by atoms with Gasteiger partial charge in [0, 0.05) is 44.1 Å². The molecule has 0 N–H and O–H groups in total. The minimum Gasteiger partial charge on any atom is -0.383 e. The van der Waals surface area contributed by atoms with Crippen molar-refractivity contribution in [3.8, 4) is 0 Å². The van der Waals surface area contributed by atoms with Crippen molar-refractivity contribution in [1.29, 1.82) is 0 Å². The summed E-state index contributed by atoms with van der Waals surface area (Å²) in [6.07, 6.45) is 1.35. The fraction of sp³-hybridized carbons (Fsp3) is 0.545. The van der Waals surface area contributed by atoms with E-state index >= 15 is 0 Å². The fourth-order valence-corrected chi connectivity index (χ4v) is 2.27. The number of ether oxygens (including phenoxy) is 1. The maximum atomic E-state index is 12.1. The monoisotopic (exact) mass is 308 g/mol. The highest BCUT2D eigenvalue weighted by atomic mass is 35.7. The van der Waals surface area contributed by atoms with Gasteiger partial charge in [-0.05, 0) is 13.0 Å². The van der Waals surface area contributed by atoms with E-state index in [1.807, 2.05) is 6.92 Å². The van der Waals surface area contributed by atoms with Crippen LogP contribution in [0.25, 0.3) is 0 Å². The Labute approximate surface area is 117 Å². The molecule has 0 aliphatic rings. The lowest BCUT2D eigenvalue weighted by atomic mass is 10.3. The zero-order valence-corrected chi connectivity index (χ0v) is 12.7. The van der Waals surface area contributed by atoms with Crippen molar-refractivity contribution in [1.82, 2.24) is 9.47 Å². The summed E-state index contributed by atoms with van der Waals surface area (Å²) in [5.41, 5.74) is 0.278. The third-order valence-corrected chi connectivity index (χ3v) is 4.05. The predicted octanol–water partition coefficient (Wildman–Crippen LogP) is 1.15. The Bertz CT molecular complexity index is 553. The van der Waals surface area contributed by atoms with Crippen LogP contribution in [-0.2, 0) is 20.3 Å². The second-order valence-corrected chi connectivity index (χ2v) is 6.57. The average Bonchev–Trinajstić information content (AvgIpc) is 2.78. The summed E-state index contributed by atoms with van der Waals surface area (Å²) in [4.78, 5) is 13.5. The van der Waals surface area contributed by atoms with Crippen LogP contribution in [0.5, 0.6) is 0 Å². The van der Waals surface area contributed by atoms with Crippen molar-refractivity contribution in [3.05, 3.63) is 18.0 Å². The van der Waals surface area contributed by atoms with E-state index in [-0.39, 0.29) is 16.5 Å². The van der Waals surface area contributed by atoms with Gasteiger partial charge in [-0.3, -0.25) is 4.79 Å². The molecule has 0 saturated carbocycles. The lowest BCUT2D eigenvalue weighted by molar-refractivity contribution is 0.0789. The molecule has 0 fully saturated rings. The molecule has 0 aliphatic heterocycles. The van der Waals surface area contributed by atoms with Crippen molar-refractivity contribution < 1.29 is 17.9 Å². The average molecular weight is 309 g/mol. The second-order valence-electron chi connectivity index (χ2n) is 4.00. The van der Waals surface area contributed by atoms with Gasteiger partial charge in [0.15, 0.2) is 0 Å². The maximum Gasteiger partial charge on any atom is 0.270 e. The van der Waals surface area contributed by atoms with Crippen molar-refractivity contribution in [2.24, 2.45) is 0 Å². The molecule has 0 atom stereocenters. The molecule has 1 aromatic rings. The van der Waals surface area contributed by atoms with Gasteiger partial charge in [-0.2, -0.15) is 0 Å². The fourth-order valence-electron chi connectivity index (χ4n) is 1.51. The first-order valence-corrected chi connectivity index (χ1v) is 8.01. The molecule has 19 heavy (non-hydrogen) atoms. The van der Waals surface area contributed by atoms with Gasteiger partial charge in [0.1, 0.15) is 10.6 Å². The number of methoxy groups -OCH3 is 1. The summed E-state index contributed by atoms with van der Waals surface area (Å²) in [5, 5.41) is 0. The highest BCUT2D eigenvalue weighted by Crippen LogP contribution is 2.19. The number of carbonyl (C=O) groups excluding carboxylic acids is 1. The summed E-state index contributed by atoms with van der Waals surface area (Å²) in [5.74, 6) is -0.259. The smallest absolute Gasteiger partial charge is 0.270 e.